The average molecular weight is 279 g/mol. The zero-order chi connectivity index (χ0) is 14.5. The van der Waals surface area contributed by atoms with E-state index in [0.29, 0.717) is 23.7 Å². The highest BCUT2D eigenvalue weighted by Crippen LogP contribution is 2.35. The standard InChI is InChI=1S/C14H21N3O3/c1-3-4-9(7-19-2)16-11-6-12-13(5-10(11)15)20-8-14(18)17-12/h5-6,9,16H,3-4,7-8,15H2,1-2H3,(H,17,18). The molecule has 0 bridgehead atoms. The Bertz CT molecular complexity index is 485. The molecular weight excluding hydrogens is 258 g/mol. The largest absolute Gasteiger partial charge is 0.482 e. The van der Waals surface area contributed by atoms with Gasteiger partial charge in [0.25, 0.3) is 5.91 Å². The molecular formula is C14H21N3O3. The summed E-state index contributed by atoms with van der Waals surface area (Å²) in [6.45, 7) is 2.75. The van der Waals surface area contributed by atoms with Crippen molar-refractivity contribution in [1.29, 1.82) is 0 Å². The Morgan fingerprint density at radius 1 is 1.55 bits per heavy atom. The van der Waals surface area contributed by atoms with Crippen LogP contribution in [0.15, 0.2) is 12.1 Å². The molecule has 0 fully saturated rings. The second kappa shape index (κ2) is 6.47. The van der Waals surface area contributed by atoms with E-state index in [4.69, 9.17) is 15.2 Å². The Morgan fingerprint density at radius 2 is 2.35 bits per heavy atom. The van der Waals surface area contributed by atoms with Crippen molar-refractivity contribution in [3.8, 4) is 5.75 Å². The first-order valence-electron chi connectivity index (χ1n) is 6.75. The molecule has 0 aliphatic carbocycles. The number of nitrogens with two attached hydrogens (primary N) is 1. The van der Waals surface area contributed by atoms with Crippen LogP contribution >= 0.6 is 0 Å². The minimum Gasteiger partial charge on any atom is -0.482 e. The van der Waals surface area contributed by atoms with Crippen molar-refractivity contribution in [3.63, 3.8) is 0 Å². The maximum atomic E-state index is 11.3. The summed E-state index contributed by atoms with van der Waals surface area (Å²) >= 11 is 0. The number of amides is 1. The van der Waals surface area contributed by atoms with Gasteiger partial charge in [-0.3, -0.25) is 4.79 Å². The molecule has 110 valence electrons. The fraction of sp³-hybridized carbons (Fsp3) is 0.500. The van der Waals surface area contributed by atoms with E-state index < -0.39 is 0 Å². The van der Waals surface area contributed by atoms with Crippen LogP contribution in [-0.2, 0) is 9.53 Å². The van der Waals surface area contributed by atoms with Gasteiger partial charge < -0.3 is 25.8 Å². The van der Waals surface area contributed by atoms with E-state index >= 15 is 0 Å². The molecule has 1 amide bonds. The number of nitrogens with one attached hydrogen (secondary N) is 2. The number of hydrogen-bond acceptors (Lipinski definition) is 5. The van der Waals surface area contributed by atoms with E-state index in [2.05, 4.69) is 17.6 Å². The average Bonchev–Trinajstić information content (AvgIpc) is 2.41. The van der Waals surface area contributed by atoms with Gasteiger partial charge in [-0.15, -0.1) is 0 Å². The first-order chi connectivity index (χ1) is 9.63. The molecule has 6 nitrogen and oxygen atoms in total. The number of methoxy groups -OCH3 is 1. The van der Waals surface area contributed by atoms with Crippen LogP contribution in [-0.4, -0.2) is 32.3 Å². The highest BCUT2D eigenvalue weighted by atomic mass is 16.5. The van der Waals surface area contributed by atoms with Crippen LogP contribution in [0.4, 0.5) is 17.1 Å². The van der Waals surface area contributed by atoms with Crippen LogP contribution < -0.4 is 21.1 Å². The number of hydrogen-bond donors (Lipinski definition) is 3. The van der Waals surface area contributed by atoms with Crippen molar-refractivity contribution in [1.82, 2.24) is 0 Å². The summed E-state index contributed by atoms with van der Waals surface area (Å²) in [6, 6.07) is 3.72. The van der Waals surface area contributed by atoms with Gasteiger partial charge in [-0.2, -0.15) is 0 Å². The molecule has 1 aliphatic heterocycles. The lowest BCUT2D eigenvalue weighted by Crippen LogP contribution is -2.27. The Balaban J connectivity index is 2.18. The summed E-state index contributed by atoms with van der Waals surface area (Å²) in [7, 11) is 1.68. The second-order valence-corrected chi connectivity index (χ2v) is 4.86. The predicted molar refractivity (Wildman–Crippen MR) is 79.2 cm³/mol. The summed E-state index contributed by atoms with van der Waals surface area (Å²) in [6.07, 6.45) is 2.03. The van der Waals surface area contributed by atoms with E-state index in [0.717, 1.165) is 18.5 Å². The van der Waals surface area contributed by atoms with E-state index in [1.165, 1.54) is 0 Å². The maximum Gasteiger partial charge on any atom is 0.262 e. The molecule has 2 rings (SSSR count). The lowest BCUT2D eigenvalue weighted by molar-refractivity contribution is -0.118. The molecule has 1 unspecified atom stereocenters. The summed E-state index contributed by atoms with van der Waals surface area (Å²) in [5, 5.41) is 6.13. The molecule has 0 radical (unpaired) electrons. The van der Waals surface area contributed by atoms with Gasteiger partial charge in [0.2, 0.25) is 0 Å². The van der Waals surface area contributed by atoms with E-state index in [1.54, 1.807) is 19.2 Å². The van der Waals surface area contributed by atoms with Crippen molar-refractivity contribution in [2.45, 2.75) is 25.8 Å². The third kappa shape index (κ3) is 3.33. The maximum absolute atomic E-state index is 11.3. The molecule has 1 aromatic rings. The Morgan fingerprint density at radius 3 is 3.05 bits per heavy atom. The lowest BCUT2D eigenvalue weighted by atomic mass is 10.1. The normalized spacial score (nSPS) is 15.0. The molecule has 1 aromatic carbocycles. The van der Waals surface area contributed by atoms with Gasteiger partial charge in [-0.1, -0.05) is 13.3 Å². The van der Waals surface area contributed by atoms with Crippen LogP contribution in [0.5, 0.6) is 5.75 Å². The number of carbonyl (C=O) groups excluding carboxylic acids is 1. The molecule has 0 spiro atoms. The smallest absolute Gasteiger partial charge is 0.262 e. The van der Waals surface area contributed by atoms with Gasteiger partial charge in [-0.25, -0.2) is 0 Å². The van der Waals surface area contributed by atoms with Crippen molar-refractivity contribution in [2.75, 3.05) is 36.7 Å². The monoisotopic (exact) mass is 279 g/mol. The first kappa shape index (κ1) is 14.5. The highest BCUT2D eigenvalue weighted by molar-refractivity contribution is 5.97. The van der Waals surface area contributed by atoms with Crippen LogP contribution in [0.1, 0.15) is 19.8 Å². The van der Waals surface area contributed by atoms with E-state index in [-0.39, 0.29) is 18.6 Å². The van der Waals surface area contributed by atoms with Crippen molar-refractivity contribution >= 4 is 23.0 Å². The van der Waals surface area contributed by atoms with Crippen molar-refractivity contribution in [3.05, 3.63) is 12.1 Å². The Kier molecular flexibility index (Phi) is 4.68. The number of nitrogen functional groups attached to an aromatic ring is 1. The van der Waals surface area contributed by atoms with E-state index in [9.17, 15) is 4.79 Å². The minimum atomic E-state index is -0.157. The molecule has 6 heteroatoms. The number of fused-ring (bicyclic) bond motifs is 1. The summed E-state index contributed by atoms with van der Waals surface area (Å²) < 4.78 is 10.5. The van der Waals surface area contributed by atoms with Gasteiger partial charge >= 0.3 is 0 Å². The Labute approximate surface area is 118 Å². The zero-order valence-corrected chi connectivity index (χ0v) is 11.9. The third-order valence-corrected chi connectivity index (χ3v) is 3.15. The van der Waals surface area contributed by atoms with Gasteiger partial charge in [-0.05, 0) is 12.5 Å². The zero-order valence-electron chi connectivity index (χ0n) is 11.9. The fourth-order valence-corrected chi connectivity index (χ4v) is 2.23. The minimum absolute atomic E-state index is 0.0291. The molecule has 0 saturated carbocycles. The van der Waals surface area contributed by atoms with Gasteiger partial charge in [0.05, 0.1) is 23.7 Å². The lowest BCUT2D eigenvalue weighted by Gasteiger charge is -2.23. The molecule has 1 atom stereocenters. The van der Waals surface area contributed by atoms with Gasteiger partial charge in [0.1, 0.15) is 5.75 Å². The molecule has 0 saturated heterocycles. The predicted octanol–water partition coefficient (Wildman–Crippen LogP) is 1.83. The first-order valence-corrected chi connectivity index (χ1v) is 6.75. The summed E-state index contributed by atoms with van der Waals surface area (Å²) in [5.41, 5.74) is 8.04. The number of carbonyl (C=O) groups is 1. The summed E-state index contributed by atoms with van der Waals surface area (Å²) in [4.78, 5) is 11.3. The fourth-order valence-electron chi connectivity index (χ4n) is 2.23. The number of benzene rings is 1. The number of rotatable bonds is 6. The van der Waals surface area contributed by atoms with Crippen LogP contribution in [0.25, 0.3) is 0 Å². The molecule has 1 heterocycles. The summed E-state index contributed by atoms with van der Waals surface area (Å²) in [5.74, 6) is 0.446. The van der Waals surface area contributed by atoms with Crippen LogP contribution in [0.3, 0.4) is 0 Å². The topological polar surface area (TPSA) is 85.6 Å². The molecule has 4 N–H and O–H groups in total. The SMILES string of the molecule is CCCC(COC)Nc1cc2c(cc1N)OCC(=O)N2. The third-order valence-electron chi connectivity index (χ3n) is 3.15. The van der Waals surface area contributed by atoms with Crippen LogP contribution in [0, 0.1) is 0 Å². The van der Waals surface area contributed by atoms with Gasteiger partial charge in [0, 0.05) is 19.2 Å². The van der Waals surface area contributed by atoms with Crippen LogP contribution in [0.2, 0.25) is 0 Å². The molecule has 0 aromatic heterocycles. The number of anilines is 3. The Hall–Kier alpha value is -1.95. The van der Waals surface area contributed by atoms with E-state index in [1.807, 2.05) is 0 Å². The molecule has 20 heavy (non-hydrogen) atoms. The second-order valence-electron chi connectivity index (χ2n) is 4.86. The van der Waals surface area contributed by atoms with Gasteiger partial charge in [0.15, 0.2) is 6.61 Å². The van der Waals surface area contributed by atoms with Crippen molar-refractivity contribution < 1.29 is 14.3 Å². The number of ether oxygens (including phenoxy) is 2. The quantitative estimate of drug-likeness (QED) is 0.692. The van der Waals surface area contributed by atoms with Crippen molar-refractivity contribution in [2.24, 2.45) is 0 Å². The molecule has 1 aliphatic rings. The highest BCUT2D eigenvalue weighted by Gasteiger charge is 2.19.